The number of carbonyl (C=O) groups excluding carboxylic acids is 3. The van der Waals surface area contributed by atoms with Crippen LogP contribution < -0.4 is 19.3 Å². The van der Waals surface area contributed by atoms with Gasteiger partial charge in [-0.15, -0.1) is 0 Å². The van der Waals surface area contributed by atoms with Crippen LogP contribution in [0.1, 0.15) is 11.1 Å². The van der Waals surface area contributed by atoms with E-state index in [2.05, 4.69) is 15.9 Å². The molecule has 0 radical (unpaired) electrons. The molecule has 0 N–H and O–H groups in total. The van der Waals surface area contributed by atoms with Crippen molar-refractivity contribution >= 4 is 62.8 Å². The normalized spacial score (nSPS) is 13.5. The average Bonchev–Trinajstić information content (AvgIpc) is 2.96. The first-order chi connectivity index (χ1) is 19.4. The zero-order chi connectivity index (χ0) is 28.2. The first-order valence-corrected chi connectivity index (χ1v) is 13.3. The van der Waals surface area contributed by atoms with Crippen LogP contribution in [0.2, 0.25) is 5.02 Å². The summed E-state index contributed by atoms with van der Waals surface area (Å²) in [5, 5.41) is 0.600. The SMILES string of the molecule is COc1cc(C=C2C(=O)N(c3ccccc3)C(=O)N(c3ccccc3)C2=O)cc(Br)c1OCc1cccc(Cl)c1. The summed E-state index contributed by atoms with van der Waals surface area (Å²) in [4.78, 5) is 42.7. The molecule has 5 rings (SSSR count). The highest BCUT2D eigenvalue weighted by molar-refractivity contribution is 9.10. The quantitative estimate of drug-likeness (QED) is 0.161. The Kier molecular flexibility index (Phi) is 8.00. The highest BCUT2D eigenvalue weighted by atomic mass is 79.9. The molecule has 200 valence electrons. The van der Waals surface area contributed by atoms with E-state index in [4.69, 9.17) is 21.1 Å². The van der Waals surface area contributed by atoms with E-state index in [0.29, 0.717) is 37.9 Å². The number of hydrogen-bond acceptors (Lipinski definition) is 5. The van der Waals surface area contributed by atoms with Crippen LogP contribution in [0.5, 0.6) is 11.5 Å². The lowest BCUT2D eigenvalue weighted by Crippen LogP contribution is -2.57. The maximum absolute atomic E-state index is 13.6. The number of nitrogens with zero attached hydrogens (tertiary/aromatic N) is 2. The van der Waals surface area contributed by atoms with Crippen molar-refractivity contribution in [2.24, 2.45) is 0 Å². The number of urea groups is 1. The van der Waals surface area contributed by atoms with E-state index in [0.717, 1.165) is 15.4 Å². The largest absolute Gasteiger partial charge is 0.493 e. The van der Waals surface area contributed by atoms with Crippen LogP contribution in [0.25, 0.3) is 6.08 Å². The van der Waals surface area contributed by atoms with Crippen molar-refractivity contribution in [2.75, 3.05) is 16.9 Å². The van der Waals surface area contributed by atoms with Crippen molar-refractivity contribution in [1.82, 2.24) is 0 Å². The second-order valence-electron chi connectivity index (χ2n) is 8.75. The van der Waals surface area contributed by atoms with Crippen molar-refractivity contribution in [3.8, 4) is 11.5 Å². The zero-order valence-electron chi connectivity index (χ0n) is 21.2. The second kappa shape index (κ2) is 11.8. The minimum atomic E-state index is -0.756. The summed E-state index contributed by atoms with van der Waals surface area (Å²) in [6.07, 6.45) is 1.44. The lowest BCUT2D eigenvalue weighted by atomic mass is 10.0. The van der Waals surface area contributed by atoms with Gasteiger partial charge in [0.15, 0.2) is 11.5 Å². The summed E-state index contributed by atoms with van der Waals surface area (Å²) < 4.78 is 12.1. The molecule has 0 saturated carbocycles. The molecule has 1 aliphatic heterocycles. The maximum atomic E-state index is 13.6. The van der Waals surface area contributed by atoms with Crippen molar-refractivity contribution in [2.45, 2.75) is 6.61 Å². The molecular weight excluding hydrogens is 596 g/mol. The Morgan fingerprint density at radius 2 is 1.40 bits per heavy atom. The number of ether oxygens (including phenoxy) is 2. The third-order valence-corrected chi connectivity index (χ3v) is 6.94. The average molecular weight is 618 g/mol. The second-order valence-corrected chi connectivity index (χ2v) is 10.0. The number of para-hydroxylation sites is 2. The van der Waals surface area contributed by atoms with Gasteiger partial charge in [0.25, 0.3) is 11.8 Å². The Morgan fingerprint density at radius 3 is 1.95 bits per heavy atom. The number of amides is 4. The van der Waals surface area contributed by atoms with Crippen LogP contribution in [0.4, 0.5) is 16.2 Å². The van der Waals surface area contributed by atoms with Crippen molar-refractivity contribution < 1.29 is 23.9 Å². The van der Waals surface area contributed by atoms with E-state index < -0.39 is 17.8 Å². The fourth-order valence-electron chi connectivity index (χ4n) is 4.25. The van der Waals surface area contributed by atoms with Gasteiger partial charge in [-0.25, -0.2) is 14.6 Å². The number of halogens is 2. The molecule has 7 nitrogen and oxygen atoms in total. The van der Waals surface area contributed by atoms with Gasteiger partial charge in [-0.2, -0.15) is 0 Å². The predicted molar refractivity (Wildman–Crippen MR) is 158 cm³/mol. The van der Waals surface area contributed by atoms with Crippen molar-refractivity contribution in [3.05, 3.63) is 123 Å². The molecule has 1 aliphatic rings. The Bertz CT molecular complexity index is 1560. The number of anilines is 2. The summed E-state index contributed by atoms with van der Waals surface area (Å²) in [6.45, 7) is 0.243. The molecule has 0 unspecified atom stereocenters. The molecule has 1 fully saturated rings. The Morgan fingerprint density at radius 1 is 0.800 bits per heavy atom. The number of hydrogen-bond donors (Lipinski definition) is 0. The van der Waals surface area contributed by atoms with Crippen LogP contribution >= 0.6 is 27.5 Å². The van der Waals surface area contributed by atoms with Crippen LogP contribution in [-0.2, 0) is 16.2 Å². The molecule has 1 heterocycles. The molecule has 9 heteroatoms. The monoisotopic (exact) mass is 616 g/mol. The number of benzene rings is 4. The van der Waals surface area contributed by atoms with Gasteiger partial charge in [-0.05, 0) is 81.7 Å². The molecule has 4 aromatic rings. The molecule has 0 atom stereocenters. The summed E-state index contributed by atoms with van der Waals surface area (Å²) in [5.41, 5.74) is 1.87. The van der Waals surface area contributed by atoms with E-state index in [-0.39, 0.29) is 12.2 Å². The van der Waals surface area contributed by atoms with Crippen LogP contribution in [-0.4, -0.2) is 25.0 Å². The summed E-state index contributed by atoms with van der Waals surface area (Å²) >= 11 is 9.61. The highest BCUT2D eigenvalue weighted by Crippen LogP contribution is 2.38. The van der Waals surface area contributed by atoms with Gasteiger partial charge in [-0.3, -0.25) is 9.59 Å². The standard InChI is InChI=1S/C31H22BrClN2O5/c1-39-27-18-21(17-26(32)28(27)40-19-20-9-8-10-22(33)15-20)16-25-29(36)34(23-11-4-2-5-12-23)31(38)35(30(25)37)24-13-6-3-7-14-24/h2-18H,19H2,1H3. The van der Waals surface area contributed by atoms with Crippen molar-refractivity contribution in [3.63, 3.8) is 0 Å². The summed E-state index contributed by atoms with van der Waals surface area (Å²) in [6, 6.07) is 26.9. The van der Waals surface area contributed by atoms with Crippen LogP contribution in [0, 0.1) is 0 Å². The number of imide groups is 2. The molecule has 0 aromatic heterocycles. The molecule has 4 amide bonds. The number of rotatable bonds is 7. The molecule has 40 heavy (non-hydrogen) atoms. The van der Waals surface area contributed by atoms with E-state index in [9.17, 15) is 14.4 Å². The van der Waals surface area contributed by atoms with Gasteiger partial charge in [0.2, 0.25) is 0 Å². The van der Waals surface area contributed by atoms with Crippen LogP contribution in [0.15, 0.2) is 107 Å². The number of barbiturate groups is 1. The highest BCUT2D eigenvalue weighted by Gasteiger charge is 2.43. The van der Waals surface area contributed by atoms with E-state index in [1.165, 1.54) is 13.2 Å². The minimum absolute atomic E-state index is 0.186. The van der Waals surface area contributed by atoms with Crippen LogP contribution in [0.3, 0.4) is 0 Å². The predicted octanol–water partition coefficient (Wildman–Crippen LogP) is 7.27. The lowest BCUT2D eigenvalue weighted by molar-refractivity contribution is -0.121. The van der Waals surface area contributed by atoms with Gasteiger partial charge < -0.3 is 9.47 Å². The first-order valence-electron chi connectivity index (χ1n) is 12.2. The molecule has 1 saturated heterocycles. The van der Waals surface area contributed by atoms with E-state index in [1.807, 2.05) is 12.1 Å². The minimum Gasteiger partial charge on any atom is -0.493 e. The van der Waals surface area contributed by atoms with Gasteiger partial charge >= 0.3 is 6.03 Å². The smallest absolute Gasteiger partial charge is 0.343 e. The molecule has 0 spiro atoms. The summed E-state index contributed by atoms with van der Waals surface area (Å²) in [7, 11) is 1.49. The maximum Gasteiger partial charge on any atom is 0.343 e. The molecule has 4 aromatic carbocycles. The number of methoxy groups -OCH3 is 1. The molecule has 0 aliphatic carbocycles. The van der Waals surface area contributed by atoms with Gasteiger partial charge in [0.05, 0.1) is 23.0 Å². The fraction of sp³-hybridized carbons (Fsp3) is 0.0645. The fourth-order valence-corrected chi connectivity index (χ4v) is 5.04. The third kappa shape index (κ3) is 5.50. The molecule has 0 bridgehead atoms. The first kappa shape index (κ1) is 27.2. The topological polar surface area (TPSA) is 76.2 Å². The van der Waals surface area contributed by atoms with Gasteiger partial charge in [0, 0.05) is 5.02 Å². The number of carbonyl (C=O) groups is 3. The van der Waals surface area contributed by atoms with E-state index >= 15 is 0 Å². The van der Waals surface area contributed by atoms with Crippen molar-refractivity contribution in [1.29, 1.82) is 0 Å². The Balaban J connectivity index is 1.54. The van der Waals surface area contributed by atoms with E-state index in [1.54, 1.807) is 84.9 Å². The van der Waals surface area contributed by atoms with Gasteiger partial charge in [-0.1, -0.05) is 60.1 Å². The summed E-state index contributed by atoms with van der Waals surface area (Å²) in [5.74, 6) is -0.637. The lowest BCUT2D eigenvalue weighted by Gasteiger charge is -2.34. The molecular formula is C31H22BrClN2O5. The Labute approximate surface area is 244 Å². The zero-order valence-corrected chi connectivity index (χ0v) is 23.6. The third-order valence-electron chi connectivity index (χ3n) is 6.11. The van der Waals surface area contributed by atoms with Gasteiger partial charge in [0.1, 0.15) is 12.2 Å². The Hall–Kier alpha value is -4.40.